The van der Waals surface area contributed by atoms with E-state index in [1.165, 1.54) is 44.1 Å². The number of hydrogen-bond donors (Lipinski definition) is 0. The Kier molecular flexibility index (Phi) is 4.00. The van der Waals surface area contributed by atoms with E-state index in [0.29, 0.717) is 35.7 Å². The average Bonchev–Trinajstić information content (AvgIpc) is 3.40. The molecule has 0 amide bonds. The Morgan fingerprint density at radius 3 is 2.59 bits per heavy atom. The van der Waals surface area contributed by atoms with Gasteiger partial charge in [-0.05, 0) is 91.9 Å². The van der Waals surface area contributed by atoms with Crippen molar-refractivity contribution >= 4 is 5.78 Å². The minimum atomic E-state index is 0.0388. The molecular weight excluding hydrogens is 338 g/mol. The Labute approximate surface area is 161 Å². The molecule has 6 atom stereocenters. The molecule has 0 radical (unpaired) electrons. The SMILES string of the molecule is C[C@]12CC[C@H]3[C@@H](CCC4=C(N=[N+]=[N-])C(=O)CC[C@@]43C)[C@@H]1CC[C@@H]2OC1CC1. The molecule has 5 aliphatic carbocycles. The molecule has 5 rings (SSSR count). The molecule has 4 saturated carbocycles. The van der Waals surface area contributed by atoms with Crippen LogP contribution in [0, 0.1) is 28.6 Å². The van der Waals surface area contributed by atoms with Crippen LogP contribution in [0.3, 0.4) is 0 Å². The molecule has 0 spiro atoms. The zero-order valence-electron chi connectivity index (χ0n) is 16.6. The highest BCUT2D eigenvalue weighted by Crippen LogP contribution is 2.66. The van der Waals surface area contributed by atoms with Crippen molar-refractivity contribution in [2.45, 2.75) is 90.3 Å². The van der Waals surface area contributed by atoms with Crippen LogP contribution in [-0.2, 0) is 9.53 Å². The number of azide groups is 1. The lowest BCUT2D eigenvalue weighted by Crippen LogP contribution is -2.52. The van der Waals surface area contributed by atoms with Gasteiger partial charge < -0.3 is 4.74 Å². The summed E-state index contributed by atoms with van der Waals surface area (Å²) in [6.45, 7) is 4.85. The summed E-state index contributed by atoms with van der Waals surface area (Å²) >= 11 is 0. The van der Waals surface area contributed by atoms with Crippen LogP contribution in [-0.4, -0.2) is 18.0 Å². The number of rotatable bonds is 3. The third-order valence-corrected chi connectivity index (χ3v) is 9.03. The van der Waals surface area contributed by atoms with Crippen molar-refractivity contribution in [3.8, 4) is 0 Å². The summed E-state index contributed by atoms with van der Waals surface area (Å²) in [6.07, 6.45) is 12.0. The number of ether oxygens (including phenoxy) is 1. The van der Waals surface area contributed by atoms with Crippen molar-refractivity contribution in [2.75, 3.05) is 0 Å². The van der Waals surface area contributed by atoms with E-state index in [4.69, 9.17) is 10.3 Å². The lowest BCUT2D eigenvalue weighted by Gasteiger charge is -2.58. The Morgan fingerprint density at radius 1 is 1.04 bits per heavy atom. The molecule has 5 aliphatic rings. The number of allylic oxidation sites excluding steroid dienone is 1. The minimum absolute atomic E-state index is 0.0388. The molecule has 4 fully saturated rings. The lowest BCUT2D eigenvalue weighted by molar-refractivity contribution is -0.120. The fourth-order valence-electron chi connectivity index (χ4n) is 7.46. The van der Waals surface area contributed by atoms with Crippen molar-refractivity contribution in [2.24, 2.45) is 33.7 Å². The zero-order chi connectivity index (χ0) is 18.8. The van der Waals surface area contributed by atoms with Gasteiger partial charge in [-0.25, -0.2) is 0 Å². The summed E-state index contributed by atoms with van der Waals surface area (Å²) in [5.41, 5.74) is 11.0. The molecule has 0 aliphatic heterocycles. The van der Waals surface area contributed by atoms with Gasteiger partial charge in [0.15, 0.2) is 5.78 Å². The van der Waals surface area contributed by atoms with E-state index in [1.54, 1.807) is 0 Å². The summed E-state index contributed by atoms with van der Waals surface area (Å²) in [5.74, 6) is 2.15. The van der Waals surface area contributed by atoms with Crippen molar-refractivity contribution in [3.63, 3.8) is 0 Å². The number of Topliss-reactive ketones (excluding diaryl/α,β-unsaturated/α-hetero) is 1. The van der Waals surface area contributed by atoms with E-state index in [-0.39, 0.29) is 11.2 Å². The van der Waals surface area contributed by atoms with Gasteiger partial charge in [-0.2, -0.15) is 0 Å². The number of carbonyl (C=O) groups excluding carboxylic acids is 1. The van der Waals surface area contributed by atoms with Crippen molar-refractivity contribution in [1.29, 1.82) is 0 Å². The van der Waals surface area contributed by atoms with Crippen LogP contribution in [0.25, 0.3) is 10.4 Å². The van der Waals surface area contributed by atoms with Gasteiger partial charge in [-0.3, -0.25) is 4.79 Å². The van der Waals surface area contributed by atoms with Crippen LogP contribution in [0.5, 0.6) is 0 Å². The van der Waals surface area contributed by atoms with E-state index in [9.17, 15) is 4.79 Å². The second kappa shape index (κ2) is 6.09. The third-order valence-electron chi connectivity index (χ3n) is 9.03. The monoisotopic (exact) mass is 369 g/mol. The first kappa shape index (κ1) is 17.8. The standard InChI is InChI=1S/C22H31N3O2/c1-21-12-10-18(26)20(24-25-23)17(21)6-5-14-15-7-8-19(27-13-3-4-13)22(15,2)11-9-16(14)21/h13-16,19H,3-12H2,1-2H3/t14-,15-,16-,19-,21+,22-/m0/s1. The molecule has 0 heterocycles. The molecule has 146 valence electrons. The second-order valence-electron chi connectivity index (χ2n) is 10.2. The molecule has 5 heteroatoms. The maximum Gasteiger partial charge on any atom is 0.165 e. The number of hydrogen-bond acceptors (Lipinski definition) is 3. The van der Waals surface area contributed by atoms with E-state index in [2.05, 4.69) is 23.9 Å². The second-order valence-corrected chi connectivity index (χ2v) is 10.2. The molecule has 0 N–H and O–H groups in total. The molecular formula is C22H31N3O2. The highest BCUT2D eigenvalue weighted by atomic mass is 16.5. The molecule has 0 aromatic heterocycles. The molecule has 5 nitrogen and oxygen atoms in total. The van der Waals surface area contributed by atoms with Crippen LogP contribution in [0.15, 0.2) is 16.4 Å². The minimum Gasteiger partial charge on any atom is -0.374 e. The van der Waals surface area contributed by atoms with E-state index in [1.807, 2.05) is 0 Å². The lowest BCUT2D eigenvalue weighted by atomic mass is 9.47. The maximum atomic E-state index is 12.4. The summed E-state index contributed by atoms with van der Waals surface area (Å²) in [4.78, 5) is 15.4. The van der Waals surface area contributed by atoms with Crippen molar-refractivity contribution in [3.05, 3.63) is 21.7 Å². The number of ketones is 1. The third kappa shape index (κ3) is 2.54. The Morgan fingerprint density at radius 2 is 1.85 bits per heavy atom. The Bertz CT molecular complexity index is 751. The summed E-state index contributed by atoms with van der Waals surface area (Å²) in [7, 11) is 0. The molecule has 0 aromatic rings. The summed E-state index contributed by atoms with van der Waals surface area (Å²) < 4.78 is 6.46. The largest absolute Gasteiger partial charge is 0.374 e. The molecule has 27 heavy (non-hydrogen) atoms. The fourth-order valence-corrected chi connectivity index (χ4v) is 7.46. The van der Waals surface area contributed by atoms with E-state index in [0.717, 1.165) is 31.1 Å². The summed E-state index contributed by atoms with van der Waals surface area (Å²) in [5, 5.41) is 3.85. The first-order chi connectivity index (χ1) is 13.0. The van der Waals surface area contributed by atoms with Crippen LogP contribution in [0.4, 0.5) is 0 Å². The van der Waals surface area contributed by atoms with Gasteiger partial charge in [0.25, 0.3) is 0 Å². The van der Waals surface area contributed by atoms with Gasteiger partial charge in [-0.1, -0.05) is 24.5 Å². The molecule has 0 aromatic carbocycles. The predicted octanol–water partition coefficient (Wildman–Crippen LogP) is 5.70. The van der Waals surface area contributed by atoms with Gasteiger partial charge in [0.2, 0.25) is 0 Å². The van der Waals surface area contributed by atoms with Crippen LogP contribution in [0.2, 0.25) is 0 Å². The van der Waals surface area contributed by atoms with Gasteiger partial charge >= 0.3 is 0 Å². The molecule has 0 bridgehead atoms. The van der Waals surface area contributed by atoms with E-state index >= 15 is 0 Å². The van der Waals surface area contributed by atoms with Crippen LogP contribution < -0.4 is 0 Å². The van der Waals surface area contributed by atoms with E-state index < -0.39 is 0 Å². The first-order valence-electron chi connectivity index (χ1n) is 10.9. The van der Waals surface area contributed by atoms with Gasteiger partial charge in [0.1, 0.15) is 0 Å². The van der Waals surface area contributed by atoms with Gasteiger partial charge in [0, 0.05) is 11.3 Å². The smallest absolute Gasteiger partial charge is 0.165 e. The normalized spacial score (nSPS) is 46.4. The van der Waals surface area contributed by atoms with Crippen LogP contribution >= 0.6 is 0 Å². The fraction of sp³-hybridized carbons (Fsp3) is 0.864. The number of nitrogens with zero attached hydrogens (tertiary/aromatic N) is 3. The van der Waals surface area contributed by atoms with Crippen molar-refractivity contribution in [1.82, 2.24) is 0 Å². The van der Waals surface area contributed by atoms with Crippen molar-refractivity contribution < 1.29 is 9.53 Å². The molecule has 0 saturated heterocycles. The zero-order valence-corrected chi connectivity index (χ0v) is 16.6. The molecule has 0 unspecified atom stereocenters. The predicted molar refractivity (Wildman–Crippen MR) is 103 cm³/mol. The Balaban J connectivity index is 1.46. The number of carbonyl (C=O) groups is 1. The number of fused-ring (bicyclic) bond motifs is 5. The quantitative estimate of drug-likeness (QED) is 0.363. The highest BCUT2D eigenvalue weighted by Gasteiger charge is 2.60. The average molecular weight is 370 g/mol. The Hall–Kier alpha value is -1.32. The van der Waals surface area contributed by atoms with Crippen LogP contribution in [0.1, 0.15) is 78.1 Å². The topological polar surface area (TPSA) is 75.1 Å². The maximum absolute atomic E-state index is 12.4. The highest BCUT2D eigenvalue weighted by molar-refractivity contribution is 5.97. The summed E-state index contributed by atoms with van der Waals surface area (Å²) in [6, 6.07) is 0. The van der Waals surface area contributed by atoms with Gasteiger partial charge in [-0.15, -0.1) is 0 Å². The van der Waals surface area contributed by atoms with Gasteiger partial charge in [0.05, 0.1) is 17.9 Å². The first-order valence-corrected chi connectivity index (χ1v) is 10.9.